The van der Waals surface area contributed by atoms with Crippen LogP contribution in [0.4, 0.5) is 0 Å². The molecule has 2 heterocycles. The quantitative estimate of drug-likeness (QED) is 0.889. The minimum atomic E-state index is -0.267. The molecule has 1 aromatic heterocycles. The maximum atomic E-state index is 12.8. The summed E-state index contributed by atoms with van der Waals surface area (Å²) in [4.78, 5) is 31.5. The third kappa shape index (κ3) is 4.15. The summed E-state index contributed by atoms with van der Waals surface area (Å²) in [5.41, 5.74) is 1.03. The van der Waals surface area contributed by atoms with Gasteiger partial charge in [0.05, 0.1) is 10.7 Å². The van der Waals surface area contributed by atoms with Gasteiger partial charge in [-0.05, 0) is 32.6 Å². The Morgan fingerprint density at radius 1 is 1.25 bits per heavy atom. The molecule has 3 rings (SSSR count). The van der Waals surface area contributed by atoms with E-state index in [1.165, 1.54) is 6.42 Å². The van der Waals surface area contributed by atoms with E-state index >= 15 is 0 Å². The van der Waals surface area contributed by atoms with Crippen LogP contribution in [-0.4, -0.2) is 40.8 Å². The van der Waals surface area contributed by atoms with Gasteiger partial charge in [-0.1, -0.05) is 19.3 Å². The molecule has 1 aliphatic carbocycles. The molecular weight excluding hydrogens is 322 g/mol. The number of amides is 2. The van der Waals surface area contributed by atoms with Crippen LogP contribution in [0.3, 0.4) is 0 Å². The van der Waals surface area contributed by atoms with Crippen LogP contribution in [-0.2, 0) is 16.0 Å². The third-order valence-corrected chi connectivity index (χ3v) is 5.96. The summed E-state index contributed by atoms with van der Waals surface area (Å²) in [6.45, 7) is 3.31. The number of rotatable bonds is 5. The van der Waals surface area contributed by atoms with Crippen LogP contribution in [0.5, 0.6) is 0 Å². The van der Waals surface area contributed by atoms with Gasteiger partial charge in [-0.15, -0.1) is 11.3 Å². The molecule has 1 N–H and O–H groups in total. The molecule has 2 fully saturated rings. The van der Waals surface area contributed by atoms with Crippen molar-refractivity contribution in [2.75, 3.05) is 13.1 Å². The predicted molar refractivity (Wildman–Crippen MR) is 94.9 cm³/mol. The normalized spacial score (nSPS) is 21.9. The molecule has 132 valence electrons. The Hall–Kier alpha value is -1.43. The second-order valence-electron chi connectivity index (χ2n) is 6.92. The van der Waals surface area contributed by atoms with Gasteiger partial charge in [-0.3, -0.25) is 9.59 Å². The first-order valence-electron chi connectivity index (χ1n) is 9.14. The molecule has 1 aromatic rings. The van der Waals surface area contributed by atoms with Gasteiger partial charge in [0, 0.05) is 30.8 Å². The Kier molecular flexibility index (Phi) is 5.87. The highest BCUT2D eigenvalue weighted by molar-refractivity contribution is 7.09. The van der Waals surface area contributed by atoms with Crippen molar-refractivity contribution < 1.29 is 9.59 Å². The summed E-state index contributed by atoms with van der Waals surface area (Å²) in [6.07, 6.45) is 7.99. The van der Waals surface area contributed by atoms with Gasteiger partial charge < -0.3 is 10.2 Å². The molecule has 1 saturated heterocycles. The van der Waals surface area contributed by atoms with E-state index in [4.69, 9.17) is 0 Å². The second-order valence-corrected chi connectivity index (χ2v) is 7.99. The van der Waals surface area contributed by atoms with E-state index in [9.17, 15) is 9.59 Å². The highest BCUT2D eigenvalue weighted by Gasteiger charge is 2.37. The average Bonchev–Trinajstić information content (AvgIpc) is 3.24. The molecule has 0 bridgehead atoms. The van der Waals surface area contributed by atoms with Crippen molar-refractivity contribution in [2.45, 2.75) is 64.3 Å². The highest BCUT2D eigenvalue weighted by Crippen LogP contribution is 2.28. The summed E-state index contributed by atoms with van der Waals surface area (Å²) in [6, 6.07) is -0.267. The van der Waals surface area contributed by atoms with Crippen LogP contribution in [0, 0.1) is 12.8 Å². The summed E-state index contributed by atoms with van der Waals surface area (Å²) < 4.78 is 0. The molecule has 2 aliphatic rings. The van der Waals surface area contributed by atoms with Crippen LogP contribution in [0.1, 0.15) is 55.6 Å². The minimum Gasteiger partial charge on any atom is -0.354 e. The van der Waals surface area contributed by atoms with Gasteiger partial charge in [-0.25, -0.2) is 4.98 Å². The molecule has 5 nitrogen and oxygen atoms in total. The topological polar surface area (TPSA) is 62.3 Å². The molecule has 0 radical (unpaired) electrons. The fourth-order valence-electron chi connectivity index (χ4n) is 3.84. The zero-order valence-electron chi connectivity index (χ0n) is 14.4. The Morgan fingerprint density at radius 2 is 2.04 bits per heavy atom. The fraction of sp³-hybridized carbons (Fsp3) is 0.722. The number of hydrogen-bond acceptors (Lipinski definition) is 4. The SMILES string of the molecule is Cc1nc(CCNC(=O)[C@H]2CCCN2C(=O)C2CCCCC2)cs1. The minimum absolute atomic E-state index is 0.00334. The number of aromatic nitrogens is 1. The number of carbonyl (C=O) groups is 2. The van der Waals surface area contributed by atoms with Crippen molar-refractivity contribution in [3.8, 4) is 0 Å². The Bertz CT molecular complexity index is 581. The lowest BCUT2D eigenvalue weighted by Gasteiger charge is -2.30. The van der Waals surface area contributed by atoms with Gasteiger partial charge in [0.15, 0.2) is 0 Å². The smallest absolute Gasteiger partial charge is 0.242 e. The van der Waals surface area contributed by atoms with E-state index in [-0.39, 0.29) is 23.8 Å². The first kappa shape index (κ1) is 17.4. The van der Waals surface area contributed by atoms with Crippen molar-refractivity contribution in [3.63, 3.8) is 0 Å². The fourth-order valence-corrected chi connectivity index (χ4v) is 4.49. The molecule has 0 aromatic carbocycles. The lowest BCUT2D eigenvalue weighted by Crippen LogP contribution is -2.48. The summed E-state index contributed by atoms with van der Waals surface area (Å²) in [7, 11) is 0. The summed E-state index contributed by atoms with van der Waals surface area (Å²) >= 11 is 1.63. The van der Waals surface area contributed by atoms with Crippen LogP contribution >= 0.6 is 11.3 Å². The van der Waals surface area contributed by atoms with Crippen molar-refractivity contribution in [2.24, 2.45) is 5.92 Å². The number of aryl methyl sites for hydroxylation is 1. The molecule has 0 spiro atoms. The largest absolute Gasteiger partial charge is 0.354 e. The maximum Gasteiger partial charge on any atom is 0.242 e. The monoisotopic (exact) mass is 349 g/mol. The van der Waals surface area contributed by atoms with Crippen molar-refractivity contribution in [1.29, 1.82) is 0 Å². The van der Waals surface area contributed by atoms with E-state index < -0.39 is 0 Å². The van der Waals surface area contributed by atoms with Gasteiger partial charge in [0.25, 0.3) is 0 Å². The lowest BCUT2D eigenvalue weighted by molar-refractivity contribution is -0.142. The molecule has 1 saturated carbocycles. The Morgan fingerprint density at radius 3 is 2.75 bits per heavy atom. The Balaban J connectivity index is 1.50. The molecule has 1 atom stereocenters. The standard InChI is InChI=1S/C18H27N3O2S/c1-13-20-15(12-24-13)9-10-19-17(22)16-8-5-11-21(16)18(23)14-6-3-2-4-7-14/h12,14,16H,2-11H2,1H3,(H,19,22)/t16-/m1/s1. The first-order valence-corrected chi connectivity index (χ1v) is 10.0. The number of nitrogens with one attached hydrogen (secondary N) is 1. The van der Waals surface area contributed by atoms with E-state index in [0.29, 0.717) is 6.54 Å². The predicted octanol–water partition coefficient (Wildman–Crippen LogP) is 2.68. The maximum absolute atomic E-state index is 12.8. The van der Waals surface area contributed by atoms with Gasteiger partial charge in [0.1, 0.15) is 6.04 Å². The van der Waals surface area contributed by atoms with Crippen molar-refractivity contribution >= 4 is 23.2 Å². The lowest BCUT2D eigenvalue weighted by atomic mass is 9.88. The van der Waals surface area contributed by atoms with Crippen LogP contribution in [0.15, 0.2) is 5.38 Å². The van der Waals surface area contributed by atoms with Gasteiger partial charge in [0.2, 0.25) is 11.8 Å². The van der Waals surface area contributed by atoms with E-state index in [1.54, 1.807) is 11.3 Å². The summed E-state index contributed by atoms with van der Waals surface area (Å²) in [5, 5.41) is 6.09. The highest BCUT2D eigenvalue weighted by atomic mass is 32.1. The van der Waals surface area contributed by atoms with Crippen molar-refractivity contribution in [1.82, 2.24) is 15.2 Å². The van der Waals surface area contributed by atoms with Gasteiger partial charge in [-0.2, -0.15) is 0 Å². The molecule has 1 aliphatic heterocycles. The molecular formula is C18H27N3O2S. The number of nitrogens with zero attached hydrogens (tertiary/aromatic N) is 2. The van der Waals surface area contributed by atoms with Crippen molar-refractivity contribution in [3.05, 3.63) is 16.1 Å². The summed E-state index contributed by atoms with van der Waals surface area (Å²) in [5.74, 6) is 0.358. The molecule has 2 amide bonds. The van der Waals surface area contributed by atoms with Crippen LogP contribution in [0.25, 0.3) is 0 Å². The van der Waals surface area contributed by atoms with E-state index in [1.807, 2.05) is 17.2 Å². The van der Waals surface area contributed by atoms with E-state index in [2.05, 4.69) is 10.3 Å². The Labute approximate surface area is 147 Å². The zero-order chi connectivity index (χ0) is 16.9. The number of hydrogen-bond donors (Lipinski definition) is 1. The zero-order valence-corrected chi connectivity index (χ0v) is 15.2. The van der Waals surface area contributed by atoms with Crippen LogP contribution in [0.2, 0.25) is 0 Å². The second kappa shape index (κ2) is 8.10. The first-order chi connectivity index (χ1) is 11.6. The number of carbonyl (C=O) groups excluding carboxylic acids is 2. The number of likely N-dealkylation sites (tertiary alicyclic amines) is 1. The third-order valence-electron chi connectivity index (χ3n) is 5.14. The molecule has 6 heteroatoms. The van der Waals surface area contributed by atoms with Crippen LogP contribution < -0.4 is 5.32 Å². The van der Waals surface area contributed by atoms with E-state index in [0.717, 1.165) is 62.2 Å². The average molecular weight is 350 g/mol. The molecule has 0 unspecified atom stereocenters. The molecule has 24 heavy (non-hydrogen) atoms. The number of thiazole rings is 1. The van der Waals surface area contributed by atoms with Gasteiger partial charge >= 0.3 is 0 Å².